The zero-order valence-electron chi connectivity index (χ0n) is 12.4. The van der Waals surface area contributed by atoms with Crippen LogP contribution in [0.25, 0.3) is 0 Å². The first-order chi connectivity index (χ1) is 9.45. The molecule has 0 aromatic rings. The molecule has 1 saturated heterocycles. The summed E-state index contributed by atoms with van der Waals surface area (Å²) < 4.78 is 4.84. The van der Waals surface area contributed by atoms with E-state index < -0.39 is 18.0 Å². The molecule has 3 unspecified atom stereocenters. The van der Waals surface area contributed by atoms with Crippen LogP contribution in [0.1, 0.15) is 39.5 Å². The largest absolute Gasteiger partial charge is 0.480 e. The van der Waals surface area contributed by atoms with Crippen LogP contribution in [-0.4, -0.2) is 54.0 Å². The number of carboxylic acids is 1. The average Bonchev–Trinajstić information content (AvgIpc) is 2.38. The Bertz CT molecular complexity index is 328. The van der Waals surface area contributed by atoms with Crippen LogP contribution < -0.4 is 10.7 Å². The third kappa shape index (κ3) is 4.97. The molecule has 1 fully saturated rings. The van der Waals surface area contributed by atoms with E-state index in [-0.39, 0.29) is 25.1 Å². The van der Waals surface area contributed by atoms with Crippen molar-refractivity contribution in [3.8, 4) is 0 Å². The molecule has 20 heavy (non-hydrogen) atoms. The van der Waals surface area contributed by atoms with Gasteiger partial charge in [-0.1, -0.05) is 6.42 Å². The van der Waals surface area contributed by atoms with Crippen molar-refractivity contribution in [2.75, 3.05) is 13.7 Å². The average molecular weight is 287 g/mol. The van der Waals surface area contributed by atoms with Gasteiger partial charge in [0.05, 0.1) is 0 Å². The molecule has 3 atom stereocenters. The lowest BCUT2D eigenvalue weighted by molar-refractivity contribution is -0.139. The highest BCUT2D eigenvalue weighted by Gasteiger charge is 2.27. The number of amides is 2. The second-order valence-corrected chi connectivity index (χ2v) is 5.29. The van der Waals surface area contributed by atoms with Gasteiger partial charge in [0.1, 0.15) is 6.04 Å². The third-order valence-electron chi connectivity index (χ3n) is 3.64. The monoisotopic (exact) mass is 287 g/mol. The van der Waals surface area contributed by atoms with Crippen LogP contribution >= 0.6 is 0 Å². The van der Waals surface area contributed by atoms with E-state index in [1.54, 1.807) is 0 Å². The Morgan fingerprint density at radius 1 is 1.35 bits per heavy atom. The van der Waals surface area contributed by atoms with Gasteiger partial charge in [-0.25, -0.2) is 14.6 Å². The van der Waals surface area contributed by atoms with Crippen molar-refractivity contribution in [1.29, 1.82) is 0 Å². The minimum atomic E-state index is -1.06. The minimum absolute atomic E-state index is 0.240. The fraction of sp³-hybridized carbons (Fsp3) is 0.846. The van der Waals surface area contributed by atoms with E-state index in [0.29, 0.717) is 0 Å². The van der Waals surface area contributed by atoms with Crippen LogP contribution in [0, 0.1) is 0 Å². The number of ether oxygens (including phenoxy) is 1. The Hall–Kier alpha value is -1.34. The number of nitrogens with one attached hydrogen (secondary N) is 2. The van der Waals surface area contributed by atoms with E-state index >= 15 is 0 Å². The molecule has 3 N–H and O–H groups in total. The Morgan fingerprint density at radius 3 is 2.45 bits per heavy atom. The molecule has 7 heteroatoms. The number of carbonyl (C=O) groups is 2. The van der Waals surface area contributed by atoms with Crippen LogP contribution in [0.3, 0.4) is 0 Å². The lowest BCUT2D eigenvalue weighted by Crippen LogP contribution is -2.58. The number of piperidine rings is 1. The van der Waals surface area contributed by atoms with Crippen LogP contribution in [0.15, 0.2) is 0 Å². The number of carboxylic acid groups (broad SMARTS) is 1. The summed E-state index contributed by atoms with van der Waals surface area (Å²) in [5, 5.41) is 13.4. The maximum atomic E-state index is 11.9. The van der Waals surface area contributed by atoms with Crippen LogP contribution in [0.2, 0.25) is 0 Å². The summed E-state index contributed by atoms with van der Waals surface area (Å²) in [6.45, 7) is 4.39. The van der Waals surface area contributed by atoms with Gasteiger partial charge in [-0.05, 0) is 26.7 Å². The number of hydrazine groups is 1. The summed E-state index contributed by atoms with van der Waals surface area (Å²) in [6.07, 6.45) is 3.44. The number of carbonyl (C=O) groups excluding carboxylic acids is 1. The highest BCUT2D eigenvalue weighted by molar-refractivity contribution is 5.82. The van der Waals surface area contributed by atoms with E-state index in [0.717, 1.165) is 19.3 Å². The lowest BCUT2D eigenvalue weighted by atomic mass is 10.00. The number of hydrogen-bond acceptors (Lipinski definition) is 4. The molecule has 7 nitrogen and oxygen atoms in total. The molecular weight excluding hydrogens is 262 g/mol. The van der Waals surface area contributed by atoms with Gasteiger partial charge in [0.15, 0.2) is 0 Å². The molecule has 0 saturated carbocycles. The van der Waals surface area contributed by atoms with Crippen molar-refractivity contribution in [2.45, 2.75) is 57.7 Å². The van der Waals surface area contributed by atoms with Gasteiger partial charge in [0, 0.05) is 32.2 Å². The third-order valence-corrected chi connectivity index (χ3v) is 3.64. The summed E-state index contributed by atoms with van der Waals surface area (Å²) in [5.41, 5.74) is 2.76. The van der Waals surface area contributed by atoms with Gasteiger partial charge in [-0.15, -0.1) is 0 Å². The van der Waals surface area contributed by atoms with Crippen LogP contribution in [0.5, 0.6) is 0 Å². The van der Waals surface area contributed by atoms with Crippen molar-refractivity contribution in [3.63, 3.8) is 0 Å². The molecule has 0 spiro atoms. The zero-order valence-corrected chi connectivity index (χ0v) is 12.4. The van der Waals surface area contributed by atoms with Gasteiger partial charge in [0.2, 0.25) is 0 Å². The first-order valence-electron chi connectivity index (χ1n) is 7.03. The predicted octanol–water partition coefficient (Wildman–Crippen LogP) is 0.953. The van der Waals surface area contributed by atoms with Crippen LogP contribution in [-0.2, 0) is 9.53 Å². The zero-order chi connectivity index (χ0) is 15.1. The Balaban J connectivity index is 2.49. The van der Waals surface area contributed by atoms with E-state index in [9.17, 15) is 9.59 Å². The molecule has 1 heterocycles. The fourth-order valence-electron chi connectivity index (χ4n) is 2.44. The summed E-state index contributed by atoms with van der Waals surface area (Å²) in [5.74, 6) is -1.06. The van der Waals surface area contributed by atoms with Crippen molar-refractivity contribution >= 4 is 12.0 Å². The predicted molar refractivity (Wildman–Crippen MR) is 74.2 cm³/mol. The first-order valence-corrected chi connectivity index (χ1v) is 7.03. The van der Waals surface area contributed by atoms with Gasteiger partial charge >= 0.3 is 12.0 Å². The normalized spacial score (nSPS) is 24.9. The van der Waals surface area contributed by atoms with E-state index in [1.165, 1.54) is 7.11 Å². The fourth-order valence-corrected chi connectivity index (χ4v) is 2.44. The van der Waals surface area contributed by atoms with Crippen molar-refractivity contribution < 1.29 is 19.4 Å². The molecular formula is C13H25N3O4. The Kier molecular flexibility index (Phi) is 6.74. The van der Waals surface area contributed by atoms with Crippen LogP contribution in [0.4, 0.5) is 4.79 Å². The summed E-state index contributed by atoms with van der Waals surface area (Å²) in [6, 6.07) is -0.905. The molecule has 2 amide bonds. The van der Waals surface area contributed by atoms with Crippen molar-refractivity contribution in [2.24, 2.45) is 0 Å². The number of rotatable bonds is 6. The summed E-state index contributed by atoms with van der Waals surface area (Å²) in [4.78, 5) is 23.0. The SMILES string of the molecule is COCCC(NC(=O)NN1C(C)CCCC1C)C(=O)O. The molecule has 1 rings (SSSR count). The quantitative estimate of drug-likeness (QED) is 0.676. The molecule has 1 aliphatic rings. The smallest absolute Gasteiger partial charge is 0.330 e. The number of nitrogens with zero attached hydrogens (tertiary/aromatic N) is 1. The maximum absolute atomic E-state index is 11.9. The highest BCUT2D eigenvalue weighted by atomic mass is 16.5. The first kappa shape index (κ1) is 16.7. The number of methoxy groups -OCH3 is 1. The molecule has 0 aromatic heterocycles. The highest BCUT2D eigenvalue weighted by Crippen LogP contribution is 2.19. The standard InChI is InChI=1S/C13H25N3O4/c1-9-5-4-6-10(2)16(9)15-13(19)14-11(12(17)18)7-8-20-3/h9-11H,4-8H2,1-3H3,(H,17,18)(H2,14,15,19). The number of aliphatic carboxylic acids is 1. The van der Waals surface area contributed by atoms with Gasteiger partial charge in [-0.3, -0.25) is 5.43 Å². The summed E-state index contributed by atoms with van der Waals surface area (Å²) >= 11 is 0. The molecule has 0 bridgehead atoms. The molecule has 0 aliphatic carbocycles. The van der Waals surface area contributed by atoms with Crippen molar-refractivity contribution in [3.05, 3.63) is 0 Å². The Labute approximate surface area is 119 Å². The number of urea groups is 1. The van der Waals surface area contributed by atoms with Gasteiger partial charge in [-0.2, -0.15) is 0 Å². The van der Waals surface area contributed by atoms with E-state index in [4.69, 9.17) is 9.84 Å². The number of hydrogen-bond donors (Lipinski definition) is 3. The molecule has 1 aliphatic heterocycles. The second kappa shape index (κ2) is 8.06. The van der Waals surface area contributed by atoms with Gasteiger partial charge < -0.3 is 15.2 Å². The van der Waals surface area contributed by atoms with E-state index in [1.807, 2.05) is 5.01 Å². The maximum Gasteiger partial charge on any atom is 0.330 e. The second-order valence-electron chi connectivity index (χ2n) is 5.29. The Morgan fingerprint density at radius 2 is 1.95 bits per heavy atom. The minimum Gasteiger partial charge on any atom is -0.480 e. The topological polar surface area (TPSA) is 90.9 Å². The van der Waals surface area contributed by atoms with Crippen molar-refractivity contribution in [1.82, 2.24) is 15.8 Å². The van der Waals surface area contributed by atoms with Gasteiger partial charge in [0.25, 0.3) is 0 Å². The molecule has 0 radical (unpaired) electrons. The molecule has 116 valence electrons. The lowest BCUT2D eigenvalue weighted by Gasteiger charge is -2.38. The van der Waals surface area contributed by atoms with E-state index in [2.05, 4.69) is 24.6 Å². The summed E-state index contributed by atoms with van der Waals surface area (Å²) in [7, 11) is 1.50. The molecule has 0 aromatic carbocycles.